The summed E-state index contributed by atoms with van der Waals surface area (Å²) in [4.78, 5) is 19.8. The topological polar surface area (TPSA) is 54.9 Å². The van der Waals surface area contributed by atoms with Gasteiger partial charge < -0.3 is 14.4 Å². The zero-order valence-corrected chi connectivity index (χ0v) is 16.5. The van der Waals surface area contributed by atoms with E-state index in [9.17, 15) is 31.1 Å². The highest BCUT2D eigenvalue weighted by molar-refractivity contribution is 6.32. The van der Waals surface area contributed by atoms with Crippen molar-refractivity contribution < 1.29 is 40.6 Å². The second-order valence-corrected chi connectivity index (χ2v) is 6.98. The maximum absolute atomic E-state index is 12.5. The lowest BCUT2D eigenvalue weighted by Gasteiger charge is -2.34. The molecule has 1 aliphatic rings. The molecule has 0 radical (unpaired) electrons. The highest BCUT2D eigenvalue weighted by atomic mass is 35.5. The number of ether oxygens (including phenoxy) is 2. The minimum atomic E-state index is -4.54. The van der Waals surface area contributed by atoms with Crippen LogP contribution in [0.4, 0.5) is 26.3 Å². The van der Waals surface area contributed by atoms with Crippen molar-refractivity contribution in [3.05, 3.63) is 22.8 Å². The SMILES string of the molecule is O=C(c1cnc(OCC(F)(F)F)c(Cl)c1)N1CCN(CCCOCC(F)(F)F)CC1. The van der Waals surface area contributed by atoms with E-state index in [1.165, 1.54) is 6.07 Å². The molecule has 0 unspecified atom stereocenters. The monoisotopic (exact) mass is 463 g/mol. The summed E-state index contributed by atoms with van der Waals surface area (Å²) >= 11 is 5.86. The van der Waals surface area contributed by atoms with Gasteiger partial charge in [-0.05, 0) is 12.5 Å². The molecule has 1 amide bonds. The van der Waals surface area contributed by atoms with E-state index in [1.54, 1.807) is 4.90 Å². The van der Waals surface area contributed by atoms with Crippen LogP contribution in [0.15, 0.2) is 12.3 Å². The Morgan fingerprint density at radius 2 is 1.70 bits per heavy atom. The van der Waals surface area contributed by atoms with E-state index in [0.717, 1.165) is 6.20 Å². The van der Waals surface area contributed by atoms with Gasteiger partial charge in [-0.25, -0.2) is 4.98 Å². The quantitative estimate of drug-likeness (QED) is 0.437. The van der Waals surface area contributed by atoms with Gasteiger partial charge in [0.1, 0.15) is 11.6 Å². The maximum atomic E-state index is 12.5. The van der Waals surface area contributed by atoms with Crippen LogP contribution in [0.25, 0.3) is 0 Å². The fourth-order valence-corrected chi connectivity index (χ4v) is 2.95. The van der Waals surface area contributed by atoms with Gasteiger partial charge in [0.15, 0.2) is 6.61 Å². The number of pyridine rings is 1. The van der Waals surface area contributed by atoms with Crippen LogP contribution in [0.3, 0.4) is 0 Å². The molecule has 30 heavy (non-hydrogen) atoms. The molecule has 1 aromatic rings. The first-order valence-corrected chi connectivity index (χ1v) is 9.33. The largest absolute Gasteiger partial charge is 0.467 e. The highest BCUT2D eigenvalue weighted by Crippen LogP contribution is 2.25. The number of carbonyl (C=O) groups excluding carboxylic acids is 1. The van der Waals surface area contributed by atoms with Crippen LogP contribution in [0.1, 0.15) is 16.8 Å². The van der Waals surface area contributed by atoms with Crippen LogP contribution in [0, 0.1) is 0 Å². The van der Waals surface area contributed by atoms with Crippen molar-refractivity contribution in [2.24, 2.45) is 0 Å². The maximum Gasteiger partial charge on any atom is 0.422 e. The van der Waals surface area contributed by atoms with Crippen molar-refractivity contribution in [1.29, 1.82) is 0 Å². The van der Waals surface area contributed by atoms with E-state index in [2.05, 4.69) is 14.5 Å². The van der Waals surface area contributed by atoms with Gasteiger partial charge in [-0.15, -0.1) is 0 Å². The minimum absolute atomic E-state index is 0.00835. The summed E-state index contributed by atoms with van der Waals surface area (Å²) in [6.45, 7) is -0.470. The van der Waals surface area contributed by atoms with E-state index in [4.69, 9.17) is 11.6 Å². The Labute approximate surface area is 173 Å². The van der Waals surface area contributed by atoms with Crippen LogP contribution in [-0.2, 0) is 4.74 Å². The number of alkyl halides is 6. The van der Waals surface area contributed by atoms with Gasteiger partial charge in [0.25, 0.3) is 5.91 Å². The predicted molar refractivity (Wildman–Crippen MR) is 94.6 cm³/mol. The Hall–Kier alpha value is -1.79. The summed E-state index contributed by atoms with van der Waals surface area (Å²) in [6.07, 6.45) is -7.34. The summed E-state index contributed by atoms with van der Waals surface area (Å²) in [5.41, 5.74) is 0.119. The first kappa shape index (κ1) is 24.5. The van der Waals surface area contributed by atoms with Crippen LogP contribution in [0.2, 0.25) is 5.02 Å². The summed E-state index contributed by atoms with van der Waals surface area (Å²) < 4.78 is 81.6. The van der Waals surface area contributed by atoms with Crippen LogP contribution in [-0.4, -0.2) is 85.6 Å². The second-order valence-electron chi connectivity index (χ2n) is 6.57. The Balaban J connectivity index is 1.76. The third-order valence-electron chi connectivity index (χ3n) is 4.12. The molecule has 0 bridgehead atoms. The molecule has 1 saturated heterocycles. The zero-order valence-electron chi connectivity index (χ0n) is 15.7. The molecule has 1 fully saturated rings. The molecule has 0 N–H and O–H groups in total. The van der Waals surface area contributed by atoms with Gasteiger partial charge in [0, 0.05) is 45.5 Å². The lowest BCUT2D eigenvalue weighted by Crippen LogP contribution is -2.49. The number of aromatic nitrogens is 1. The van der Waals surface area contributed by atoms with Crippen molar-refractivity contribution in [1.82, 2.24) is 14.8 Å². The highest BCUT2D eigenvalue weighted by Gasteiger charge is 2.30. The number of amides is 1. The first-order chi connectivity index (χ1) is 13.9. The second kappa shape index (κ2) is 10.5. The van der Waals surface area contributed by atoms with Crippen LogP contribution < -0.4 is 4.74 Å². The van der Waals surface area contributed by atoms with Gasteiger partial charge in [0.2, 0.25) is 5.88 Å². The molecule has 1 aromatic heterocycles. The fourth-order valence-electron chi connectivity index (χ4n) is 2.73. The molecule has 2 rings (SSSR count). The molecule has 6 nitrogen and oxygen atoms in total. The van der Waals surface area contributed by atoms with Crippen molar-refractivity contribution in [3.8, 4) is 5.88 Å². The standard InChI is InChI=1S/C17H20ClF6N3O3/c18-13-8-12(9-25-14(13)30-11-17(22,23)24)15(28)27-5-3-26(4-6-27)2-1-7-29-10-16(19,20)21/h8-9H,1-7,10-11H2. The third kappa shape index (κ3) is 8.52. The molecule has 0 atom stereocenters. The van der Waals surface area contributed by atoms with Gasteiger partial charge in [-0.2, -0.15) is 26.3 Å². The number of piperazine rings is 1. The molecule has 0 saturated carbocycles. The number of rotatable bonds is 8. The summed E-state index contributed by atoms with van der Waals surface area (Å²) in [5, 5.41) is -0.206. The summed E-state index contributed by atoms with van der Waals surface area (Å²) in [6, 6.07) is 1.20. The molecular weight excluding hydrogens is 444 g/mol. The van der Waals surface area contributed by atoms with Crippen LogP contribution >= 0.6 is 11.6 Å². The number of carbonyl (C=O) groups is 1. The number of nitrogens with zero attached hydrogens (tertiary/aromatic N) is 3. The van der Waals surface area contributed by atoms with Gasteiger partial charge in [-0.3, -0.25) is 9.69 Å². The average molecular weight is 464 g/mol. The van der Waals surface area contributed by atoms with Crippen molar-refractivity contribution in [2.75, 3.05) is 52.5 Å². The molecular formula is C17H20ClF6N3O3. The van der Waals surface area contributed by atoms with Crippen LogP contribution in [0.5, 0.6) is 5.88 Å². The van der Waals surface area contributed by atoms with E-state index in [0.29, 0.717) is 39.1 Å². The average Bonchev–Trinajstić information content (AvgIpc) is 2.65. The zero-order chi connectivity index (χ0) is 22.4. The number of halogens is 7. The predicted octanol–water partition coefficient (Wildman–Crippen LogP) is 3.40. The lowest BCUT2D eigenvalue weighted by atomic mass is 10.2. The van der Waals surface area contributed by atoms with E-state index < -0.39 is 31.4 Å². The molecule has 0 aromatic carbocycles. The van der Waals surface area contributed by atoms with Crippen molar-refractivity contribution in [2.45, 2.75) is 18.8 Å². The summed E-state index contributed by atoms with van der Waals surface area (Å²) in [5.74, 6) is -0.789. The Bertz CT molecular complexity index is 709. The van der Waals surface area contributed by atoms with Crippen molar-refractivity contribution >= 4 is 17.5 Å². The van der Waals surface area contributed by atoms with E-state index >= 15 is 0 Å². The van der Waals surface area contributed by atoms with Gasteiger partial charge in [0.05, 0.1) is 5.56 Å². The van der Waals surface area contributed by atoms with Gasteiger partial charge in [-0.1, -0.05) is 11.6 Å². The lowest BCUT2D eigenvalue weighted by molar-refractivity contribution is -0.174. The minimum Gasteiger partial charge on any atom is -0.467 e. The fraction of sp³-hybridized carbons (Fsp3) is 0.647. The normalized spacial score (nSPS) is 16.0. The van der Waals surface area contributed by atoms with Crippen molar-refractivity contribution in [3.63, 3.8) is 0 Å². The molecule has 2 heterocycles. The Morgan fingerprint density at radius 3 is 2.27 bits per heavy atom. The van der Waals surface area contributed by atoms with E-state index in [1.807, 2.05) is 4.90 Å². The Morgan fingerprint density at radius 1 is 1.07 bits per heavy atom. The molecule has 1 aliphatic heterocycles. The molecule has 170 valence electrons. The Kier molecular flexibility index (Phi) is 8.56. The van der Waals surface area contributed by atoms with E-state index in [-0.39, 0.29) is 23.1 Å². The van der Waals surface area contributed by atoms with Gasteiger partial charge >= 0.3 is 12.4 Å². The summed E-state index contributed by atoms with van der Waals surface area (Å²) in [7, 11) is 0. The first-order valence-electron chi connectivity index (χ1n) is 8.96. The molecule has 0 aliphatic carbocycles. The third-order valence-corrected chi connectivity index (χ3v) is 4.39. The number of hydrogen-bond acceptors (Lipinski definition) is 5. The smallest absolute Gasteiger partial charge is 0.422 e. The molecule has 13 heteroatoms. The number of hydrogen-bond donors (Lipinski definition) is 0. The molecule has 0 spiro atoms.